The molecule has 0 unspecified atom stereocenters. The van der Waals surface area contributed by atoms with Crippen LogP contribution in [-0.4, -0.2) is 33.9 Å². The van der Waals surface area contributed by atoms with Crippen LogP contribution in [0.4, 0.5) is 14.6 Å². The molecule has 0 spiro atoms. The SMILES string of the molecule is Cc1ccc(C2=NC(C)(C)CO2)cc1-c1cnc(NC(=O)c2c(F)cccc2F)cn1. The number of amides is 1. The van der Waals surface area contributed by atoms with Crippen molar-refractivity contribution < 1.29 is 18.3 Å². The molecule has 3 aromatic rings. The maximum Gasteiger partial charge on any atom is 0.262 e. The van der Waals surface area contributed by atoms with Gasteiger partial charge in [-0.25, -0.2) is 18.8 Å². The standard InChI is InChI=1S/C23H20F2N4O2/c1-13-7-8-14(22-29-23(2,3)12-31-22)9-15(13)18-10-27-19(11-26-18)28-21(30)20-16(24)5-4-6-17(20)25/h4-11H,12H2,1-3H3,(H,27,28,30). The van der Waals surface area contributed by atoms with E-state index in [9.17, 15) is 13.6 Å². The first-order valence-corrected chi connectivity index (χ1v) is 9.65. The van der Waals surface area contributed by atoms with Crippen LogP contribution >= 0.6 is 0 Å². The van der Waals surface area contributed by atoms with Crippen molar-refractivity contribution in [1.82, 2.24) is 9.97 Å². The second-order valence-corrected chi connectivity index (χ2v) is 7.89. The normalized spacial score (nSPS) is 14.7. The molecule has 1 aromatic heterocycles. The summed E-state index contributed by atoms with van der Waals surface area (Å²) in [7, 11) is 0. The monoisotopic (exact) mass is 422 g/mol. The zero-order valence-corrected chi connectivity index (χ0v) is 17.2. The number of ether oxygens (including phenoxy) is 1. The van der Waals surface area contributed by atoms with E-state index in [2.05, 4.69) is 20.3 Å². The van der Waals surface area contributed by atoms with Gasteiger partial charge >= 0.3 is 0 Å². The number of aryl methyl sites for hydroxylation is 1. The van der Waals surface area contributed by atoms with Crippen molar-refractivity contribution in [1.29, 1.82) is 0 Å². The highest BCUT2D eigenvalue weighted by Crippen LogP contribution is 2.26. The van der Waals surface area contributed by atoms with Crippen LogP contribution in [0.2, 0.25) is 0 Å². The number of nitrogens with one attached hydrogen (secondary N) is 1. The van der Waals surface area contributed by atoms with Gasteiger partial charge in [-0.1, -0.05) is 12.1 Å². The van der Waals surface area contributed by atoms with E-state index >= 15 is 0 Å². The van der Waals surface area contributed by atoms with Crippen molar-refractivity contribution in [3.63, 3.8) is 0 Å². The van der Waals surface area contributed by atoms with E-state index in [4.69, 9.17) is 4.74 Å². The number of aromatic nitrogens is 2. The Balaban J connectivity index is 1.57. The number of carbonyl (C=O) groups excluding carboxylic acids is 1. The Labute approximate surface area is 178 Å². The number of halogens is 2. The second kappa shape index (κ2) is 7.86. The molecule has 31 heavy (non-hydrogen) atoms. The molecular weight excluding hydrogens is 402 g/mol. The smallest absolute Gasteiger partial charge is 0.262 e. The van der Waals surface area contributed by atoms with Gasteiger partial charge in [0.1, 0.15) is 23.8 Å². The molecule has 158 valence electrons. The Kier molecular flexibility index (Phi) is 5.22. The van der Waals surface area contributed by atoms with Gasteiger partial charge in [-0.2, -0.15) is 0 Å². The third kappa shape index (κ3) is 4.28. The molecule has 0 bridgehead atoms. The van der Waals surface area contributed by atoms with Crippen LogP contribution in [0.25, 0.3) is 11.3 Å². The predicted octanol–water partition coefficient (Wildman–Crippen LogP) is 4.54. The van der Waals surface area contributed by atoms with Crippen molar-refractivity contribution in [3.05, 3.63) is 77.1 Å². The number of benzene rings is 2. The fourth-order valence-electron chi connectivity index (χ4n) is 3.19. The number of hydrogen-bond donors (Lipinski definition) is 1. The quantitative estimate of drug-likeness (QED) is 0.670. The van der Waals surface area contributed by atoms with E-state index in [-0.39, 0.29) is 11.4 Å². The van der Waals surface area contributed by atoms with Crippen LogP contribution in [0.3, 0.4) is 0 Å². The van der Waals surface area contributed by atoms with Gasteiger partial charge in [0.25, 0.3) is 5.91 Å². The topological polar surface area (TPSA) is 76.5 Å². The first kappa shape index (κ1) is 20.6. The molecule has 0 radical (unpaired) electrons. The molecule has 0 saturated heterocycles. The van der Waals surface area contributed by atoms with Crippen LogP contribution < -0.4 is 5.32 Å². The maximum atomic E-state index is 13.8. The van der Waals surface area contributed by atoms with Crippen molar-refractivity contribution >= 4 is 17.6 Å². The minimum Gasteiger partial charge on any atom is -0.475 e. The van der Waals surface area contributed by atoms with E-state index in [0.29, 0.717) is 18.2 Å². The molecule has 0 fully saturated rings. The molecule has 6 nitrogen and oxygen atoms in total. The van der Waals surface area contributed by atoms with Crippen molar-refractivity contribution in [2.45, 2.75) is 26.3 Å². The molecule has 1 aliphatic rings. The minimum absolute atomic E-state index is 0.0791. The van der Waals surface area contributed by atoms with Gasteiger partial charge in [0.15, 0.2) is 5.82 Å². The summed E-state index contributed by atoms with van der Waals surface area (Å²) in [5, 5.41) is 2.37. The lowest BCUT2D eigenvalue weighted by atomic mass is 10.0. The molecular formula is C23H20F2N4O2. The van der Waals surface area contributed by atoms with Crippen molar-refractivity contribution in [2.75, 3.05) is 11.9 Å². The summed E-state index contributed by atoms with van der Waals surface area (Å²) >= 11 is 0. The maximum absolute atomic E-state index is 13.8. The lowest BCUT2D eigenvalue weighted by Crippen LogP contribution is -2.17. The largest absolute Gasteiger partial charge is 0.475 e. The molecule has 2 aromatic carbocycles. The lowest BCUT2D eigenvalue weighted by molar-refractivity contribution is 0.101. The van der Waals surface area contributed by atoms with Gasteiger partial charge in [0.05, 0.1) is 23.6 Å². The van der Waals surface area contributed by atoms with Gasteiger partial charge in [0.2, 0.25) is 5.90 Å². The van der Waals surface area contributed by atoms with E-state index < -0.39 is 23.1 Å². The molecule has 8 heteroatoms. The molecule has 0 aliphatic carbocycles. The third-order valence-electron chi connectivity index (χ3n) is 4.81. The molecule has 2 heterocycles. The van der Waals surface area contributed by atoms with Crippen molar-refractivity contribution in [3.8, 4) is 11.3 Å². The molecule has 1 N–H and O–H groups in total. The van der Waals surface area contributed by atoms with E-state index in [1.807, 2.05) is 39.0 Å². The molecule has 1 amide bonds. The fourth-order valence-corrected chi connectivity index (χ4v) is 3.19. The Morgan fingerprint density at radius 3 is 2.45 bits per heavy atom. The van der Waals surface area contributed by atoms with Gasteiger partial charge in [0, 0.05) is 11.1 Å². The van der Waals surface area contributed by atoms with Gasteiger partial charge < -0.3 is 10.1 Å². The molecule has 1 aliphatic heterocycles. The van der Waals surface area contributed by atoms with Crippen LogP contribution in [0, 0.1) is 18.6 Å². The minimum atomic E-state index is -0.949. The Hall–Kier alpha value is -3.68. The highest BCUT2D eigenvalue weighted by atomic mass is 19.1. The molecule has 0 atom stereocenters. The summed E-state index contributed by atoms with van der Waals surface area (Å²) in [5.74, 6) is -2.18. The summed E-state index contributed by atoms with van der Waals surface area (Å²) in [4.78, 5) is 25.3. The van der Waals surface area contributed by atoms with Crippen molar-refractivity contribution in [2.24, 2.45) is 4.99 Å². The van der Waals surface area contributed by atoms with E-state index in [1.165, 1.54) is 18.5 Å². The summed E-state index contributed by atoms with van der Waals surface area (Å²) in [6, 6.07) is 9.02. The van der Waals surface area contributed by atoms with Crippen LogP contribution in [0.5, 0.6) is 0 Å². The first-order chi connectivity index (χ1) is 14.7. The Morgan fingerprint density at radius 2 is 1.84 bits per heavy atom. The second-order valence-electron chi connectivity index (χ2n) is 7.89. The number of hydrogen-bond acceptors (Lipinski definition) is 5. The summed E-state index contributed by atoms with van der Waals surface area (Å²) in [6.07, 6.45) is 2.82. The Morgan fingerprint density at radius 1 is 1.10 bits per heavy atom. The zero-order chi connectivity index (χ0) is 22.2. The van der Waals surface area contributed by atoms with Crippen LogP contribution in [-0.2, 0) is 4.74 Å². The number of nitrogens with zero attached hydrogens (tertiary/aromatic N) is 3. The highest BCUT2D eigenvalue weighted by molar-refractivity contribution is 6.04. The Bertz CT molecular complexity index is 1170. The average Bonchev–Trinajstić information content (AvgIpc) is 3.09. The van der Waals surface area contributed by atoms with Crippen LogP contribution in [0.15, 0.2) is 53.8 Å². The molecule has 0 saturated carbocycles. The predicted molar refractivity (Wildman–Crippen MR) is 113 cm³/mol. The highest BCUT2D eigenvalue weighted by Gasteiger charge is 2.27. The molecule has 4 rings (SSSR count). The zero-order valence-electron chi connectivity index (χ0n) is 17.2. The van der Waals surface area contributed by atoms with Crippen LogP contribution in [0.1, 0.15) is 35.3 Å². The third-order valence-corrected chi connectivity index (χ3v) is 4.81. The van der Waals surface area contributed by atoms with Gasteiger partial charge in [-0.15, -0.1) is 0 Å². The lowest BCUT2D eigenvalue weighted by Gasteiger charge is -2.10. The first-order valence-electron chi connectivity index (χ1n) is 9.65. The number of aliphatic imine (C=N–C) groups is 1. The number of anilines is 1. The van der Waals surface area contributed by atoms with Gasteiger partial charge in [-0.05, 0) is 50.6 Å². The fraction of sp³-hybridized carbons (Fsp3) is 0.217. The summed E-state index contributed by atoms with van der Waals surface area (Å²) in [6.45, 7) is 6.46. The summed E-state index contributed by atoms with van der Waals surface area (Å²) in [5.41, 5.74) is 2.28. The van der Waals surface area contributed by atoms with Gasteiger partial charge in [-0.3, -0.25) is 9.78 Å². The van der Waals surface area contributed by atoms with E-state index in [1.54, 1.807) is 0 Å². The number of carbonyl (C=O) groups is 1. The number of rotatable bonds is 4. The summed E-state index contributed by atoms with van der Waals surface area (Å²) < 4.78 is 33.3. The average molecular weight is 422 g/mol. The van der Waals surface area contributed by atoms with E-state index in [0.717, 1.165) is 28.8 Å².